The van der Waals surface area contributed by atoms with Gasteiger partial charge in [0.25, 0.3) is 5.78 Å². The van der Waals surface area contributed by atoms with Gasteiger partial charge in [0.2, 0.25) is 0 Å². The van der Waals surface area contributed by atoms with Crippen LogP contribution in [0.1, 0.15) is 10.4 Å². The van der Waals surface area contributed by atoms with E-state index < -0.39 is 11.8 Å². The van der Waals surface area contributed by atoms with Gasteiger partial charge >= 0.3 is 5.97 Å². The lowest BCUT2D eigenvalue weighted by atomic mass is 10.1. The zero-order valence-corrected chi connectivity index (χ0v) is 9.18. The monoisotopic (exact) mass is 240 g/mol. The Balaban J connectivity index is 2.31. The highest BCUT2D eigenvalue weighted by Crippen LogP contribution is 2.25. The van der Waals surface area contributed by atoms with Crippen LogP contribution in [0.25, 0.3) is 21.8 Å². The van der Waals surface area contributed by atoms with Crippen LogP contribution in [0.3, 0.4) is 0 Å². The summed E-state index contributed by atoms with van der Waals surface area (Å²) < 4.78 is 0. The molecule has 2 heterocycles. The molecule has 2 aromatic heterocycles. The summed E-state index contributed by atoms with van der Waals surface area (Å²) in [5, 5.41) is 10.4. The number of aliphatic carboxylic acids is 1. The number of H-pyrrole nitrogens is 1. The number of hydrogen-bond donors (Lipinski definition) is 2. The lowest BCUT2D eigenvalue weighted by molar-refractivity contribution is -0.131. The summed E-state index contributed by atoms with van der Waals surface area (Å²) in [7, 11) is 0. The molecule has 0 amide bonds. The Labute approximate surface area is 101 Å². The molecule has 1 aromatic carbocycles. The molecule has 3 rings (SSSR count). The van der Waals surface area contributed by atoms with Gasteiger partial charge in [-0.25, -0.2) is 4.79 Å². The SMILES string of the molecule is O=C(O)C(=O)c1ccc2[nH]c3cnccc3c2c1. The lowest BCUT2D eigenvalue weighted by Crippen LogP contribution is -2.12. The summed E-state index contributed by atoms with van der Waals surface area (Å²) in [4.78, 5) is 29.2. The second-order valence-corrected chi connectivity index (χ2v) is 3.94. The van der Waals surface area contributed by atoms with Gasteiger partial charge in [-0.1, -0.05) is 0 Å². The molecule has 0 unspecified atom stereocenters. The topological polar surface area (TPSA) is 83.0 Å². The molecule has 0 fully saturated rings. The van der Waals surface area contributed by atoms with Gasteiger partial charge in [-0.15, -0.1) is 0 Å². The van der Waals surface area contributed by atoms with Crippen LogP contribution in [0.5, 0.6) is 0 Å². The Kier molecular flexibility index (Phi) is 2.13. The van der Waals surface area contributed by atoms with Crippen molar-refractivity contribution >= 4 is 33.6 Å². The number of Topliss-reactive ketones (excluding diaryl/α,β-unsaturated/α-hetero) is 1. The largest absolute Gasteiger partial charge is 0.475 e. The van der Waals surface area contributed by atoms with Gasteiger partial charge in [0.05, 0.1) is 11.7 Å². The van der Waals surface area contributed by atoms with E-state index in [2.05, 4.69) is 9.97 Å². The molecule has 0 saturated carbocycles. The van der Waals surface area contributed by atoms with Gasteiger partial charge in [-0.2, -0.15) is 0 Å². The number of carboxylic acid groups (broad SMARTS) is 1. The molecule has 88 valence electrons. The Bertz CT molecular complexity index is 789. The molecule has 0 spiro atoms. The maximum Gasteiger partial charge on any atom is 0.377 e. The summed E-state index contributed by atoms with van der Waals surface area (Å²) in [6.45, 7) is 0. The molecule has 0 aliphatic rings. The third-order valence-corrected chi connectivity index (χ3v) is 2.86. The summed E-state index contributed by atoms with van der Waals surface area (Å²) in [5.74, 6) is -2.35. The summed E-state index contributed by atoms with van der Waals surface area (Å²) >= 11 is 0. The van der Waals surface area contributed by atoms with Gasteiger partial charge in [-0.05, 0) is 24.3 Å². The maximum atomic E-state index is 11.4. The number of nitrogens with zero attached hydrogens (tertiary/aromatic N) is 1. The van der Waals surface area contributed by atoms with Crippen LogP contribution < -0.4 is 0 Å². The predicted octanol–water partition coefficient (Wildman–Crippen LogP) is 1.98. The fourth-order valence-corrected chi connectivity index (χ4v) is 2.01. The first-order valence-corrected chi connectivity index (χ1v) is 5.30. The number of aromatic nitrogens is 2. The third kappa shape index (κ3) is 1.45. The normalized spacial score (nSPS) is 10.9. The summed E-state index contributed by atoms with van der Waals surface area (Å²) in [6.07, 6.45) is 3.34. The van der Waals surface area contributed by atoms with Crippen molar-refractivity contribution in [3.05, 3.63) is 42.2 Å². The van der Waals surface area contributed by atoms with Gasteiger partial charge < -0.3 is 10.1 Å². The number of rotatable bonds is 2. The zero-order chi connectivity index (χ0) is 12.7. The Morgan fingerprint density at radius 3 is 2.72 bits per heavy atom. The Morgan fingerprint density at radius 2 is 1.94 bits per heavy atom. The predicted molar refractivity (Wildman–Crippen MR) is 65.6 cm³/mol. The van der Waals surface area contributed by atoms with Crippen LogP contribution in [-0.2, 0) is 4.79 Å². The minimum Gasteiger partial charge on any atom is -0.475 e. The number of carboxylic acids is 1. The van der Waals surface area contributed by atoms with Crippen LogP contribution in [0, 0.1) is 0 Å². The molecule has 0 radical (unpaired) electrons. The van der Waals surface area contributed by atoms with Gasteiger partial charge in [-0.3, -0.25) is 9.78 Å². The molecule has 3 aromatic rings. The number of aromatic amines is 1. The third-order valence-electron chi connectivity index (χ3n) is 2.86. The highest BCUT2D eigenvalue weighted by molar-refractivity contribution is 6.40. The molecule has 2 N–H and O–H groups in total. The molecular weight excluding hydrogens is 232 g/mol. The number of benzene rings is 1. The number of fused-ring (bicyclic) bond motifs is 3. The molecule has 0 bridgehead atoms. The number of carbonyl (C=O) groups is 2. The van der Waals surface area contributed by atoms with Crippen LogP contribution >= 0.6 is 0 Å². The molecule has 0 atom stereocenters. The molecule has 0 saturated heterocycles. The standard InChI is InChI=1S/C13H8N2O3/c16-12(13(17)18)7-1-2-10-9(5-7)8-3-4-14-6-11(8)15-10/h1-6,15H,(H,17,18). The fourth-order valence-electron chi connectivity index (χ4n) is 2.01. The van der Waals surface area contributed by atoms with E-state index in [1.54, 1.807) is 24.5 Å². The van der Waals surface area contributed by atoms with Crippen molar-refractivity contribution in [3.63, 3.8) is 0 Å². The number of ketones is 1. The molecule has 5 heteroatoms. The highest BCUT2D eigenvalue weighted by atomic mass is 16.4. The number of carbonyl (C=O) groups excluding carboxylic acids is 1. The first-order chi connectivity index (χ1) is 8.66. The van der Waals surface area contributed by atoms with E-state index in [9.17, 15) is 9.59 Å². The van der Waals surface area contributed by atoms with Crippen LogP contribution in [-0.4, -0.2) is 26.8 Å². The van der Waals surface area contributed by atoms with Crippen molar-refractivity contribution in [3.8, 4) is 0 Å². The number of nitrogens with one attached hydrogen (secondary N) is 1. The average molecular weight is 240 g/mol. The maximum absolute atomic E-state index is 11.4. The fraction of sp³-hybridized carbons (Fsp3) is 0. The first-order valence-electron chi connectivity index (χ1n) is 5.30. The average Bonchev–Trinajstić information content (AvgIpc) is 2.75. The van der Waals surface area contributed by atoms with E-state index in [1.165, 1.54) is 6.07 Å². The number of pyridine rings is 1. The smallest absolute Gasteiger partial charge is 0.377 e. The van der Waals surface area contributed by atoms with E-state index in [0.717, 1.165) is 21.8 Å². The van der Waals surface area contributed by atoms with Crippen LogP contribution in [0.15, 0.2) is 36.7 Å². The van der Waals surface area contributed by atoms with Crippen molar-refractivity contribution in [2.24, 2.45) is 0 Å². The van der Waals surface area contributed by atoms with Crippen molar-refractivity contribution in [1.29, 1.82) is 0 Å². The van der Waals surface area contributed by atoms with E-state index >= 15 is 0 Å². The van der Waals surface area contributed by atoms with Crippen LogP contribution in [0.2, 0.25) is 0 Å². The van der Waals surface area contributed by atoms with Gasteiger partial charge in [0.15, 0.2) is 0 Å². The van der Waals surface area contributed by atoms with Gasteiger partial charge in [0.1, 0.15) is 0 Å². The lowest BCUT2D eigenvalue weighted by Gasteiger charge is -1.96. The second-order valence-electron chi connectivity index (χ2n) is 3.94. The van der Waals surface area contributed by atoms with E-state index in [1.807, 2.05) is 6.07 Å². The molecule has 0 aliphatic carbocycles. The molecule has 5 nitrogen and oxygen atoms in total. The number of hydrogen-bond acceptors (Lipinski definition) is 3. The van der Waals surface area contributed by atoms with Gasteiger partial charge in [0, 0.05) is 28.0 Å². The van der Waals surface area contributed by atoms with Crippen LogP contribution in [0.4, 0.5) is 0 Å². The Morgan fingerprint density at radius 1 is 1.11 bits per heavy atom. The van der Waals surface area contributed by atoms with Crippen molar-refractivity contribution in [2.75, 3.05) is 0 Å². The zero-order valence-electron chi connectivity index (χ0n) is 9.18. The van der Waals surface area contributed by atoms with E-state index in [4.69, 9.17) is 5.11 Å². The minimum atomic E-state index is -1.45. The first kappa shape index (κ1) is 10.5. The van der Waals surface area contributed by atoms with E-state index in [0.29, 0.717) is 0 Å². The van der Waals surface area contributed by atoms with E-state index in [-0.39, 0.29) is 5.56 Å². The van der Waals surface area contributed by atoms with Crippen molar-refractivity contribution in [2.45, 2.75) is 0 Å². The molecular formula is C13H8N2O3. The van der Waals surface area contributed by atoms with Crippen molar-refractivity contribution in [1.82, 2.24) is 9.97 Å². The molecule has 18 heavy (non-hydrogen) atoms. The minimum absolute atomic E-state index is 0.174. The summed E-state index contributed by atoms with van der Waals surface area (Å²) in [6, 6.07) is 6.61. The van der Waals surface area contributed by atoms with Crippen molar-refractivity contribution < 1.29 is 14.7 Å². The molecule has 0 aliphatic heterocycles. The summed E-state index contributed by atoms with van der Waals surface area (Å²) in [5.41, 5.74) is 1.88. The second kappa shape index (κ2) is 3.66. The quantitative estimate of drug-likeness (QED) is 0.530. The Hall–Kier alpha value is -2.69. The highest BCUT2D eigenvalue weighted by Gasteiger charge is 2.15.